The predicted octanol–water partition coefficient (Wildman–Crippen LogP) is 2.55. The van der Waals surface area contributed by atoms with Gasteiger partial charge in [-0.1, -0.05) is 30.0 Å². The molecule has 0 saturated carbocycles. The van der Waals surface area contributed by atoms with Crippen LogP contribution in [-0.4, -0.2) is 17.6 Å². The molecule has 2 aromatic rings. The Hall–Kier alpha value is -2.16. The first-order chi connectivity index (χ1) is 10.2. The summed E-state index contributed by atoms with van der Waals surface area (Å²) >= 11 is 1.36. The zero-order valence-corrected chi connectivity index (χ0v) is 12.0. The van der Waals surface area contributed by atoms with E-state index in [1.54, 1.807) is 29.6 Å². The Morgan fingerprint density at radius 2 is 2.19 bits per heavy atom. The molecule has 0 saturated heterocycles. The van der Waals surface area contributed by atoms with Crippen LogP contribution in [0.5, 0.6) is 0 Å². The van der Waals surface area contributed by atoms with Crippen LogP contribution in [0.3, 0.4) is 0 Å². The van der Waals surface area contributed by atoms with E-state index in [4.69, 9.17) is 5.11 Å². The standard InChI is InChI=1S/C16H14FNO2S/c17-15-7-2-1-5-12(15)10-18-16(20)13-9-14(21-11-13)6-3-4-8-19/h1-2,5,7,9,11,19H,4,8,10H2,(H,18,20). The molecule has 1 aromatic heterocycles. The number of aliphatic hydroxyl groups excluding tert-OH is 1. The minimum absolute atomic E-state index is 0.0222. The van der Waals surface area contributed by atoms with Crippen LogP contribution in [0.1, 0.15) is 27.2 Å². The lowest BCUT2D eigenvalue weighted by molar-refractivity contribution is 0.0951. The minimum atomic E-state index is -0.335. The molecule has 1 aromatic carbocycles. The van der Waals surface area contributed by atoms with E-state index in [1.165, 1.54) is 17.4 Å². The van der Waals surface area contributed by atoms with Crippen LogP contribution in [0.2, 0.25) is 0 Å². The normalized spacial score (nSPS) is 9.81. The number of halogens is 1. The highest BCUT2D eigenvalue weighted by molar-refractivity contribution is 7.10. The van der Waals surface area contributed by atoms with Gasteiger partial charge < -0.3 is 10.4 Å². The molecular weight excluding hydrogens is 289 g/mol. The Balaban J connectivity index is 1.95. The van der Waals surface area contributed by atoms with E-state index in [0.29, 0.717) is 17.5 Å². The Kier molecular flexibility index (Phi) is 5.50. The summed E-state index contributed by atoms with van der Waals surface area (Å²) in [5.41, 5.74) is 0.952. The number of carbonyl (C=O) groups is 1. The van der Waals surface area contributed by atoms with Crippen LogP contribution in [0, 0.1) is 17.7 Å². The lowest BCUT2D eigenvalue weighted by Crippen LogP contribution is -2.22. The van der Waals surface area contributed by atoms with Crippen molar-refractivity contribution < 1.29 is 14.3 Å². The van der Waals surface area contributed by atoms with Gasteiger partial charge in [0.05, 0.1) is 17.0 Å². The minimum Gasteiger partial charge on any atom is -0.395 e. The third-order valence-corrected chi connectivity index (χ3v) is 3.55. The fraction of sp³-hybridized carbons (Fsp3) is 0.188. The summed E-state index contributed by atoms with van der Waals surface area (Å²) in [4.78, 5) is 12.7. The first-order valence-corrected chi connectivity index (χ1v) is 7.28. The number of rotatable bonds is 4. The highest BCUT2D eigenvalue weighted by Gasteiger charge is 2.09. The molecule has 1 amide bonds. The van der Waals surface area contributed by atoms with Crippen molar-refractivity contribution in [2.45, 2.75) is 13.0 Å². The lowest BCUT2D eigenvalue weighted by Gasteiger charge is -2.04. The van der Waals surface area contributed by atoms with E-state index in [2.05, 4.69) is 17.2 Å². The van der Waals surface area contributed by atoms with Crippen molar-refractivity contribution in [2.24, 2.45) is 0 Å². The SMILES string of the molecule is O=C(NCc1ccccc1F)c1csc(C#CCCO)c1. The smallest absolute Gasteiger partial charge is 0.252 e. The molecule has 3 nitrogen and oxygen atoms in total. The Bertz CT molecular complexity index is 685. The molecule has 2 rings (SSSR count). The van der Waals surface area contributed by atoms with Crippen LogP contribution >= 0.6 is 11.3 Å². The van der Waals surface area contributed by atoms with E-state index in [9.17, 15) is 9.18 Å². The van der Waals surface area contributed by atoms with Crippen LogP contribution in [0.4, 0.5) is 4.39 Å². The van der Waals surface area contributed by atoms with Crippen molar-refractivity contribution in [3.05, 3.63) is 57.5 Å². The molecule has 5 heteroatoms. The van der Waals surface area contributed by atoms with Crippen LogP contribution in [-0.2, 0) is 6.54 Å². The van der Waals surface area contributed by atoms with E-state index >= 15 is 0 Å². The van der Waals surface area contributed by atoms with Crippen LogP contribution < -0.4 is 5.32 Å². The molecule has 1 heterocycles. The topological polar surface area (TPSA) is 49.3 Å². The van der Waals surface area contributed by atoms with Gasteiger partial charge in [-0.25, -0.2) is 4.39 Å². The molecule has 0 radical (unpaired) electrons. The monoisotopic (exact) mass is 303 g/mol. The van der Waals surface area contributed by atoms with Gasteiger partial charge in [0, 0.05) is 23.9 Å². The van der Waals surface area contributed by atoms with Crippen molar-refractivity contribution >= 4 is 17.2 Å². The van der Waals surface area contributed by atoms with E-state index in [-0.39, 0.29) is 24.9 Å². The maximum Gasteiger partial charge on any atom is 0.252 e. The van der Waals surface area contributed by atoms with Gasteiger partial charge in [0.2, 0.25) is 0 Å². The van der Waals surface area contributed by atoms with Gasteiger partial charge in [-0.05, 0) is 12.1 Å². The molecular formula is C16H14FNO2S. The van der Waals surface area contributed by atoms with Gasteiger partial charge >= 0.3 is 0 Å². The fourth-order valence-corrected chi connectivity index (χ4v) is 2.40. The van der Waals surface area contributed by atoms with Gasteiger partial charge in [0.25, 0.3) is 5.91 Å². The first kappa shape index (κ1) is 15.2. The van der Waals surface area contributed by atoms with Gasteiger partial charge in [0.1, 0.15) is 5.82 Å². The summed E-state index contributed by atoms with van der Waals surface area (Å²) in [6, 6.07) is 8.02. The second-order valence-corrected chi connectivity index (χ2v) is 5.16. The van der Waals surface area contributed by atoms with E-state index < -0.39 is 0 Å². The molecule has 0 atom stereocenters. The fourth-order valence-electron chi connectivity index (χ4n) is 1.65. The van der Waals surface area contributed by atoms with Gasteiger partial charge in [-0.2, -0.15) is 0 Å². The zero-order chi connectivity index (χ0) is 15.1. The Morgan fingerprint density at radius 3 is 2.95 bits per heavy atom. The summed E-state index contributed by atoms with van der Waals surface area (Å²) in [5.74, 6) is 5.08. The Labute approximate surface area is 126 Å². The molecule has 0 aliphatic rings. The first-order valence-electron chi connectivity index (χ1n) is 6.40. The molecule has 21 heavy (non-hydrogen) atoms. The molecule has 0 fully saturated rings. The number of benzene rings is 1. The highest BCUT2D eigenvalue weighted by atomic mass is 32.1. The molecule has 2 N–H and O–H groups in total. The van der Waals surface area contributed by atoms with Crippen LogP contribution in [0.15, 0.2) is 35.7 Å². The van der Waals surface area contributed by atoms with Crippen molar-refractivity contribution in [2.75, 3.05) is 6.61 Å². The summed E-state index contributed by atoms with van der Waals surface area (Å²) in [6.45, 7) is 0.168. The summed E-state index contributed by atoms with van der Waals surface area (Å²) < 4.78 is 13.4. The van der Waals surface area contributed by atoms with Crippen molar-refractivity contribution in [1.82, 2.24) is 5.32 Å². The van der Waals surface area contributed by atoms with Gasteiger partial charge in [-0.3, -0.25) is 4.79 Å². The molecule has 0 spiro atoms. The Morgan fingerprint density at radius 1 is 1.38 bits per heavy atom. The maximum atomic E-state index is 13.4. The van der Waals surface area contributed by atoms with Gasteiger partial charge in [0.15, 0.2) is 0 Å². The summed E-state index contributed by atoms with van der Waals surface area (Å²) in [6.07, 6.45) is 0.409. The number of nitrogens with one attached hydrogen (secondary N) is 1. The third kappa shape index (κ3) is 4.42. The number of thiophene rings is 1. The molecule has 0 aliphatic carbocycles. The van der Waals surface area contributed by atoms with Crippen molar-refractivity contribution in [3.63, 3.8) is 0 Å². The highest BCUT2D eigenvalue weighted by Crippen LogP contribution is 2.14. The molecule has 0 bridgehead atoms. The molecule has 108 valence electrons. The number of carbonyl (C=O) groups excluding carboxylic acids is 1. The number of amides is 1. The summed E-state index contributed by atoms with van der Waals surface area (Å²) in [7, 11) is 0. The zero-order valence-electron chi connectivity index (χ0n) is 11.2. The molecule has 0 unspecified atom stereocenters. The van der Waals surface area contributed by atoms with Crippen LogP contribution in [0.25, 0.3) is 0 Å². The quantitative estimate of drug-likeness (QED) is 0.853. The number of hydrogen-bond donors (Lipinski definition) is 2. The van der Waals surface area contributed by atoms with E-state index in [1.807, 2.05) is 0 Å². The third-order valence-electron chi connectivity index (χ3n) is 2.71. The average molecular weight is 303 g/mol. The number of aliphatic hydroxyl groups is 1. The lowest BCUT2D eigenvalue weighted by atomic mass is 10.2. The maximum absolute atomic E-state index is 13.4. The van der Waals surface area contributed by atoms with Crippen molar-refractivity contribution in [1.29, 1.82) is 0 Å². The van der Waals surface area contributed by atoms with Gasteiger partial charge in [-0.15, -0.1) is 11.3 Å². The van der Waals surface area contributed by atoms with Crippen molar-refractivity contribution in [3.8, 4) is 11.8 Å². The molecule has 0 aliphatic heterocycles. The van der Waals surface area contributed by atoms with E-state index in [0.717, 1.165) is 4.88 Å². The predicted molar refractivity (Wildman–Crippen MR) is 80.5 cm³/mol. The second-order valence-electron chi connectivity index (χ2n) is 4.25. The second kappa shape index (κ2) is 7.58. The number of hydrogen-bond acceptors (Lipinski definition) is 3. The summed E-state index contributed by atoms with van der Waals surface area (Å²) in [5, 5.41) is 13.0. The largest absolute Gasteiger partial charge is 0.395 e. The average Bonchev–Trinajstić information content (AvgIpc) is 2.95.